The number of allylic oxidation sites excluding steroid dienone is 1. The highest BCUT2D eigenvalue weighted by Crippen LogP contribution is 2.11. The van der Waals surface area contributed by atoms with Crippen LogP contribution in [0.25, 0.3) is 18.4 Å². The van der Waals surface area contributed by atoms with Crippen LogP contribution < -0.4 is 10.4 Å². The van der Waals surface area contributed by atoms with Crippen molar-refractivity contribution in [2.75, 3.05) is 0 Å². The van der Waals surface area contributed by atoms with E-state index in [1.165, 1.54) is 6.26 Å². The Morgan fingerprint density at radius 2 is 2.00 bits per heavy atom. The summed E-state index contributed by atoms with van der Waals surface area (Å²) in [6.07, 6.45) is 7.37. The predicted octanol–water partition coefficient (Wildman–Crippen LogP) is 0.402. The lowest BCUT2D eigenvalue weighted by atomic mass is 10.1. The van der Waals surface area contributed by atoms with Crippen LogP contribution in [0.5, 0.6) is 0 Å². The lowest BCUT2D eigenvalue weighted by molar-refractivity contribution is 0.0722. The molecule has 62 valence electrons. The largest absolute Gasteiger partial charge is 0.430 e. The molecule has 2 aliphatic rings. The number of hydrogen-bond acceptors (Lipinski definition) is 2. The quantitative estimate of drug-likeness (QED) is 0.527. The van der Waals surface area contributed by atoms with E-state index < -0.39 is 0 Å². The molecule has 0 saturated carbocycles. The van der Waals surface area contributed by atoms with Crippen molar-refractivity contribution in [3.05, 3.63) is 39.8 Å². The van der Waals surface area contributed by atoms with Gasteiger partial charge in [-0.05, 0) is 10.8 Å². The van der Waals surface area contributed by atoms with Gasteiger partial charge in [0.05, 0.1) is 5.56 Å². The van der Waals surface area contributed by atoms with Gasteiger partial charge in [-0.1, -0.05) is 30.4 Å². The first-order valence-electron chi connectivity index (χ1n) is 4.09. The van der Waals surface area contributed by atoms with Crippen molar-refractivity contribution in [1.29, 1.82) is 0 Å². The number of ether oxygens (including phenoxy) is 1. The molecule has 0 fully saturated rings. The van der Waals surface area contributed by atoms with Gasteiger partial charge in [0.1, 0.15) is 6.26 Å². The summed E-state index contributed by atoms with van der Waals surface area (Å²) < 4.78 is 4.84. The molecule has 13 heavy (non-hydrogen) atoms. The maximum Gasteiger partial charge on any atom is 0.344 e. The molecule has 0 N–H and O–H groups in total. The van der Waals surface area contributed by atoms with Crippen LogP contribution in [0.2, 0.25) is 0 Å². The number of rotatable bonds is 0. The molecular weight excluding hydrogens is 164 g/mol. The Hall–Kier alpha value is -1.83. The number of benzene rings is 1. The zero-order valence-corrected chi connectivity index (χ0v) is 6.78. The highest BCUT2D eigenvalue weighted by molar-refractivity contribution is 5.98. The van der Waals surface area contributed by atoms with Crippen LogP contribution in [0.3, 0.4) is 0 Å². The molecule has 3 rings (SSSR count). The van der Waals surface area contributed by atoms with Crippen molar-refractivity contribution < 1.29 is 9.53 Å². The minimum atomic E-state index is -0.244. The molecule has 1 heterocycles. The second-order valence-corrected chi connectivity index (χ2v) is 3.08. The molecule has 0 spiro atoms. The van der Waals surface area contributed by atoms with Crippen LogP contribution in [0.4, 0.5) is 0 Å². The van der Waals surface area contributed by atoms with E-state index in [0.29, 0.717) is 5.56 Å². The summed E-state index contributed by atoms with van der Waals surface area (Å²) in [5.41, 5.74) is 1.68. The van der Waals surface area contributed by atoms with E-state index in [2.05, 4.69) is 0 Å². The second-order valence-electron chi connectivity index (χ2n) is 3.08. The van der Waals surface area contributed by atoms with Gasteiger partial charge in [0.25, 0.3) is 0 Å². The molecule has 1 aliphatic heterocycles. The SMILES string of the molecule is O=C1OC=c2ccc3c(c21)C=CC=3. The van der Waals surface area contributed by atoms with Crippen LogP contribution in [-0.4, -0.2) is 5.97 Å². The van der Waals surface area contributed by atoms with Crippen LogP contribution in [0, 0.1) is 0 Å². The van der Waals surface area contributed by atoms with Gasteiger partial charge in [-0.15, -0.1) is 0 Å². The number of carbonyl (C=O) groups is 1. The van der Waals surface area contributed by atoms with Crippen molar-refractivity contribution in [2.24, 2.45) is 0 Å². The fourth-order valence-corrected chi connectivity index (χ4v) is 1.73. The van der Waals surface area contributed by atoms with Crippen LogP contribution in [0.1, 0.15) is 15.9 Å². The third kappa shape index (κ3) is 0.746. The Bertz CT molecular complexity index is 550. The van der Waals surface area contributed by atoms with E-state index in [9.17, 15) is 4.79 Å². The van der Waals surface area contributed by atoms with Crippen molar-refractivity contribution in [2.45, 2.75) is 0 Å². The Balaban J connectivity index is 2.53. The molecule has 2 nitrogen and oxygen atoms in total. The molecule has 0 saturated heterocycles. The average molecular weight is 170 g/mol. The highest BCUT2D eigenvalue weighted by atomic mass is 16.5. The summed E-state index contributed by atoms with van der Waals surface area (Å²) in [5, 5.41) is 1.97. The van der Waals surface area contributed by atoms with Crippen molar-refractivity contribution in [1.82, 2.24) is 0 Å². The zero-order chi connectivity index (χ0) is 8.84. The first kappa shape index (κ1) is 6.66. The summed E-state index contributed by atoms with van der Waals surface area (Å²) in [6.45, 7) is 0. The number of cyclic esters (lactones) is 1. The van der Waals surface area contributed by atoms with Crippen molar-refractivity contribution in [3.8, 4) is 0 Å². The van der Waals surface area contributed by atoms with Gasteiger partial charge in [0.2, 0.25) is 0 Å². The summed E-state index contributed by atoms with van der Waals surface area (Å²) in [5.74, 6) is -0.244. The lowest BCUT2D eigenvalue weighted by Crippen LogP contribution is -2.17. The third-order valence-electron chi connectivity index (χ3n) is 2.35. The second kappa shape index (κ2) is 2.10. The molecule has 1 aromatic rings. The zero-order valence-electron chi connectivity index (χ0n) is 6.78. The number of esters is 1. The molecule has 0 amide bonds. The number of carbonyl (C=O) groups excluding carboxylic acids is 1. The Kier molecular flexibility index (Phi) is 1.08. The normalized spacial score (nSPS) is 15.8. The van der Waals surface area contributed by atoms with E-state index in [4.69, 9.17) is 4.74 Å². The highest BCUT2D eigenvalue weighted by Gasteiger charge is 2.19. The topological polar surface area (TPSA) is 26.3 Å². The first-order valence-corrected chi connectivity index (χ1v) is 4.09. The minimum Gasteiger partial charge on any atom is -0.430 e. The van der Waals surface area contributed by atoms with E-state index in [0.717, 1.165) is 16.0 Å². The van der Waals surface area contributed by atoms with Gasteiger partial charge >= 0.3 is 5.97 Å². The van der Waals surface area contributed by atoms with E-state index in [1.54, 1.807) is 0 Å². The van der Waals surface area contributed by atoms with Gasteiger partial charge in [0, 0.05) is 5.22 Å². The van der Waals surface area contributed by atoms with Gasteiger partial charge in [0.15, 0.2) is 0 Å². The molecule has 0 bridgehead atoms. The first-order chi connectivity index (χ1) is 6.36. The van der Waals surface area contributed by atoms with Gasteiger partial charge in [-0.25, -0.2) is 4.79 Å². The molecule has 1 aromatic carbocycles. The number of fused-ring (bicyclic) bond motifs is 3. The Labute approximate surface area is 74.5 Å². The molecular formula is C11H6O2. The maximum absolute atomic E-state index is 11.3. The molecule has 2 heteroatoms. The van der Waals surface area contributed by atoms with Crippen molar-refractivity contribution in [3.63, 3.8) is 0 Å². The van der Waals surface area contributed by atoms with Crippen LogP contribution >= 0.6 is 0 Å². The van der Waals surface area contributed by atoms with Gasteiger partial charge in [-0.3, -0.25) is 0 Å². The smallest absolute Gasteiger partial charge is 0.344 e. The predicted molar refractivity (Wildman–Crippen MR) is 49.1 cm³/mol. The third-order valence-corrected chi connectivity index (χ3v) is 2.35. The summed E-state index contributed by atoms with van der Waals surface area (Å²) in [4.78, 5) is 11.3. The molecule has 1 aliphatic carbocycles. The molecule has 0 radical (unpaired) electrons. The molecule has 0 unspecified atom stereocenters. The Morgan fingerprint density at radius 3 is 2.92 bits per heavy atom. The fourth-order valence-electron chi connectivity index (χ4n) is 1.73. The van der Waals surface area contributed by atoms with Crippen LogP contribution in [0.15, 0.2) is 18.2 Å². The number of hydrogen-bond donors (Lipinski definition) is 0. The summed E-state index contributed by atoms with van der Waals surface area (Å²) in [6, 6.07) is 3.90. The van der Waals surface area contributed by atoms with E-state index in [1.807, 2.05) is 30.4 Å². The van der Waals surface area contributed by atoms with E-state index >= 15 is 0 Å². The fraction of sp³-hybridized carbons (Fsp3) is 0. The van der Waals surface area contributed by atoms with Crippen LogP contribution in [-0.2, 0) is 4.74 Å². The molecule has 0 atom stereocenters. The Morgan fingerprint density at radius 1 is 1.15 bits per heavy atom. The maximum atomic E-state index is 11.3. The summed E-state index contributed by atoms with van der Waals surface area (Å²) >= 11 is 0. The van der Waals surface area contributed by atoms with Crippen molar-refractivity contribution >= 4 is 24.4 Å². The summed E-state index contributed by atoms with van der Waals surface area (Å²) in [7, 11) is 0. The van der Waals surface area contributed by atoms with Gasteiger partial charge < -0.3 is 4.74 Å². The average Bonchev–Trinajstić information content (AvgIpc) is 2.70. The standard InChI is InChI=1S/C11H6O2/c12-11-10-8(6-13-11)5-4-7-2-1-3-9(7)10/h1-6H. The minimum absolute atomic E-state index is 0.244. The molecule has 0 aromatic heterocycles. The van der Waals surface area contributed by atoms with E-state index in [-0.39, 0.29) is 5.97 Å². The lowest BCUT2D eigenvalue weighted by Gasteiger charge is -1.96. The van der Waals surface area contributed by atoms with Gasteiger partial charge in [-0.2, -0.15) is 0 Å². The monoisotopic (exact) mass is 170 g/mol.